The van der Waals surface area contributed by atoms with E-state index in [1.54, 1.807) is 30.3 Å². The Morgan fingerprint density at radius 3 is 2.57 bits per heavy atom. The van der Waals surface area contributed by atoms with Crippen LogP contribution in [0.15, 0.2) is 53.4 Å². The van der Waals surface area contributed by atoms with Gasteiger partial charge in [0.1, 0.15) is 13.2 Å². The summed E-state index contributed by atoms with van der Waals surface area (Å²) in [5.74, 6) is -0.980. The summed E-state index contributed by atoms with van der Waals surface area (Å²) in [5, 5.41) is 2.51. The molecule has 0 saturated carbocycles. The van der Waals surface area contributed by atoms with Gasteiger partial charge in [0.05, 0.1) is 18.1 Å². The smallest absolute Gasteiger partial charge is 0.325 e. The molecule has 0 atom stereocenters. The molecule has 1 saturated heterocycles. The number of nitrogens with zero attached hydrogens (tertiary/aromatic N) is 1. The lowest BCUT2D eigenvalue weighted by Gasteiger charge is -2.26. The highest BCUT2D eigenvalue weighted by atomic mass is 32.2. The monoisotopic (exact) mass is 432 g/mol. The van der Waals surface area contributed by atoms with Crippen molar-refractivity contribution >= 4 is 21.9 Å². The standard InChI is InChI=1S/C21H24N2O6S/c1-16-4-2-6-18(12-16)21(25)22-14-20(24)29-15-17-5-3-7-19(13-17)30(26,27)23-8-10-28-11-9-23/h2-7,12-13H,8-11,14-15H2,1H3,(H,22,25). The van der Waals surface area contributed by atoms with Crippen LogP contribution < -0.4 is 5.32 Å². The van der Waals surface area contributed by atoms with Crippen LogP contribution in [0, 0.1) is 6.92 Å². The molecule has 160 valence electrons. The number of amides is 1. The maximum absolute atomic E-state index is 12.7. The van der Waals surface area contributed by atoms with Gasteiger partial charge in [-0.1, -0.05) is 29.8 Å². The van der Waals surface area contributed by atoms with Crippen LogP contribution in [0.5, 0.6) is 0 Å². The Kier molecular flexibility index (Phi) is 7.20. The van der Waals surface area contributed by atoms with Gasteiger partial charge >= 0.3 is 5.97 Å². The van der Waals surface area contributed by atoms with E-state index < -0.39 is 16.0 Å². The molecule has 1 fully saturated rings. The van der Waals surface area contributed by atoms with Gasteiger partial charge in [0.15, 0.2) is 0 Å². The van der Waals surface area contributed by atoms with E-state index in [0.29, 0.717) is 37.4 Å². The first-order valence-corrected chi connectivity index (χ1v) is 11.0. The van der Waals surface area contributed by atoms with Crippen molar-refractivity contribution in [3.05, 3.63) is 65.2 Å². The summed E-state index contributed by atoms with van der Waals surface area (Å²) in [6.45, 7) is 2.85. The van der Waals surface area contributed by atoms with Gasteiger partial charge in [0, 0.05) is 18.7 Å². The zero-order valence-corrected chi connectivity index (χ0v) is 17.5. The third-order valence-electron chi connectivity index (χ3n) is 4.58. The van der Waals surface area contributed by atoms with Crippen molar-refractivity contribution in [3.63, 3.8) is 0 Å². The normalized spacial score (nSPS) is 14.8. The number of hydrogen-bond donors (Lipinski definition) is 1. The molecule has 1 aliphatic rings. The minimum atomic E-state index is -3.62. The van der Waals surface area contributed by atoms with E-state index in [0.717, 1.165) is 5.56 Å². The second kappa shape index (κ2) is 9.84. The molecule has 0 aromatic heterocycles. The number of rotatable bonds is 7. The van der Waals surface area contributed by atoms with Crippen molar-refractivity contribution in [2.75, 3.05) is 32.8 Å². The predicted octanol–water partition coefficient (Wildman–Crippen LogP) is 1.49. The fraction of sp³-hybridized carbons (Fsp3) is 0.333. The Morgan fingerprint density at radius 2 is 1.83 bits per heavy atom. The van der Waals surface area contributed by atoms with E-state index in [4.69, 9.17) is 9.47 Å². The van der Waals surface area contributed by atoms with Crippen LogP contribution in [0.3, 0.4) is 0 Å². The highest BCUT2D eigenvalue weighted by Crippen LogP contribution is 2.18. The fourth-order valence-corrected chi connectivity index (χ4v) is 4.47. The predicted molar refractivity (Wildman–Crippen MR) is 109 cm³/mol. The number of benzene rings is 2. The fourth-order valence-electron chi connectivity index (χ4n) is 2.99. The van der Waals surface area contributed by atoms with Crippen LogP contribution >= 0.6 is 0 Å². The molecular formula is C21H24N2O6S. The summed E-state index contributed by atoms with van der Waals surface area (Å²) in [7, 11) is -3.62. The molecule has 1 amide bonds. The zero-order chi connectivity index (χ0) is 21.6. The molecule has 1 aliphatic heterocycles. The van der Waals surface area contributed by atoms with Gasteiger partial charge in [-0.15, -0.1) is 0 Å². The number of sulfonamides is 1. The van der Waals surface area contributed by atoms with Crippen LogP contribution in [-0.4, -0.2) is 57.4 Å². The van der Waals surface area contributed by atoms with Gasteiger partial charge < -0.3 is 14.8 Å². The average molecular weight is 432 g/mol. The molecule has 1 heterocycles. The van der Waals surface area contributed by atoms with Gasteiger partial charge in [-0.2, -0.15) is 4.31 Å². The van der Waals surface area contributed by atoms with E-state index in [-0.39, 0.29) is 24.0 Å². The molecule has 0 radical (unpaired) electrons. The summed E-state index contributed by atoms with van der Waals surface area (Å²) < 4.78 is 37.2. The van der Waals surface area contributed by atoms with Gasteiger partial charge in [0.25, 0.3) is 5.91 Å². The average Bonchev–Trinajstić information content (AvgIpc) is 2.77. The lowest BCUT2D eigenvalue weighted by atomic mass is 10.1. The largest absolute Gasteiger partial charge is 0.460 e. The Labute approximate surface area is 175 Å². The summed E-state index contributed by atoms with van der Waals surface area (Å²) in [4.78, 5) is 24.2. The molecule has 2 aromatic rings. The number of hydrogen-bond acceptors (Lipinski definition) is 6. The van der Waals surface area contributed by atoms with Crippen LogP contribution in [-0.2, 0) is 30.9 Å². The quantitative estimate of drug-likeness (QED) is 0.665. The van der Waals surface area contributed by atoms with Gasteiger partial charge in [0.2, 0.25) is 10.0 Å². The Morgan fingerprint density at radius 1 is 1.10 bits per heavy atom. The maximum atomic E-state index is 12.7. The van der Waals surface area contributed by atoms with Gasteiger partial charge in [-0.3, -0.25) is 9.59 Å². The third-order valence-corrected chi connectivity index (χ3v) is 6.47. The topological polar surface area (TPSA) is 102 Å². The van der Waals surface area contributed by atoms with Gasteiger partial charge in [-0.25, -0.2) is 8.42 Å². The molecule has 30 heavy (non-hydrogen) atoms. The molecule has 2 aromatic carbocycles. The Balaban J connectivity index is 1.53. The second-order valence-corrected chi connectivity index (χ2v) is 8.81. The van der Waals surface area contributed by atoms with Crippen molar-refractivity contribution in [2.24, 2.45) is 0 Å². The molecule has 0 unspecified atom stereocenters. The van der Waals surface area contributed by atoms with Crippen LogP contribution in [0.4, 0.5) is 0 Å². The van der Waals surface area contributed by atoms with Crippen molar-refractivity contribution in [3.8, 4) is 0 Å². The molecule has 1 N–H and O–H groups in total. The molecule has 3 rings (SSSR count). The van der Waals surface area contributed by atoms with Gasteiger partial charge in [-0.05, 0) is 36.8 Å². The van der Waals surface area contributed by atoms with Crippen molar-refractivity contribution in [1.82, 2.24) is 9.62 Å². The van der Waals surface area contributed by atoms with E-state index in [9.17, 15) is 18.0 Å². The van der Waals surface area contributed by atoms with Crippen LogP contribution in [0.2, 0.25) is 0 Å². The molecule has 0 spiro atoms. The molecular weight excluding hydrogens is 408 g/mol. The van der Waals surface area contributed by atoms with Crippen LogP contribution in [0.1, 0.15) is 21.5 Å². The number of carbonyl (C=O) groups excluding carboxylic acids is 2. The number of carbonyl (C=O) groups is 2. The minimum absolute atomic E-state index is 0.0916. The number of aryl methyl sites for hydroxylation is 1. The first-order valence-electron chi connectivity index (χ1n) is 9.53. The minimum Gasteiger partial charge on any atom is -0.460 e. The Hall–Kier alpha value is -2.75. The summed E-state index contributed by atoms with van der Waals surface area (Å²) >= 11 is 0. The molecule has 8 nitrogen and oxygen atoms in total. The third kappa shape index (κ3) is 5.65. The molecule has 0 bridgehead atoms. The lowest BCUT2D eigenvalue weighted by molar-refractivity contribution is -0.143. The maximum Gasteiger partial charge on any atom is 0.325 e. The summed E-state index contributed by atoms with van der Waals surface area (Å²) in [6.07, 6.45) is 0. The number of esters is 1. The number of morpholine rings is 1. The lowest BCUT2D eigenvalue weighted by Crippen LogP contribution is -2.40. The highest BCUT2D eigenvalue weighted by Gasteiger charge is 2.26. The molecule has 9 heteroatoms. The summed E-state index contributed by atoms with van der Waals surface area (Å²) in [5.41, 5.74) is 1.95. The zero-order valence-electron chi connectivity index (χ0n) is 16.7. The van der Waals surface area contributed by atoms with Crippen molar-refractivity contribution in [1.29, 1.82) is 0 Å². The Bertz CT molecular complexity index is 1020. The van der Waals surface area contributed by atoms with E-state index in [2.05, 4.69) is 5.32 Å². The van der Waals surface area contributed by atoms with E-state index >= 15 is 0 Å². The molecule has 0 aliphatic carbocycles. The number of ether oxygens (including phenoxy) is 2. The SMILES string of the molecule is Cc1cccc(C(=O)NCC(=O)OCc2cccc(S(=O)(=O)N3CCOCC3)c2)c1. The second-order valence-electron chi connectivity index (χ2n) is 6.88. The first-order chi connectivity index (χ1) is 14.4. The van der Waals surface area contributed by atoms with E-state index in [1.165, 1.54) is 16.4 Å². The van der Waals surface area contributed by atoms with Crippen molar-refractivity contribution in [2.45, 2.75) is 18.4 Å². The first kappa shape index (κ1) is 21.9. The number of nitrogens with one attached hydrogen (secondary N) is 1. The van der Waals surface area contributed by atoms with E-state index in [1.807, 2.05) is 13.0 Å². The van der Waals surface area contributed by atoms with Crippen LogP contribution in [0.25, 0.3) is 0 Å². The summed E-state index contributed by atoms with van der Waals surface area (Å²) in [6, 6.07) is 13.3. The highest BCUT2D eigenvalue weighted by molar-refractivity contribution is 7.89. The van der Waals surface area contributed by atoms with Crippen molar-refractivity contribution < 1.29 is 27.5 Å².